The van der Waals surface area contributed by atoms with Crippen LogP contribution in [-0.2, 0) is 16.5 Å². The Labute approximate surface area is 249 Å². The molecule has 0 bridgehead atoms. The highest BCUT2D eigenvalue weighted by Crippen LogP contribution is 2.29. The lowest BCUT2D eigenvalue weighted by molar-refractivity contribution is 0.0972. The Morgan fingerprint density at radius 1 is 1.00 bits per heavy atom. The number of halogens is 1. The molecule has 0 atom stereocenters. The van der Waals surface area contributed by atoms with Gasteiger partial charge >= 0.3 is 0 Å². The van der Waals surface area contributed by atoms with Crippen molar-refractivity contribution in [3.63, 3.8) is 0 Å². The van der Waals surface area contributed by atoms with Gasteiger partial charge in [0, 0.05) is 24.9 Å². The van der Waals surface area contributed by atoms with Crippen LogP contribution in [0.25, 0.3) is 10.8 Å². The number of nitrogens with one attached hydrogen (secondary N) is 1. The van der Waals surface area contributed by atoms with Crippen LogP contribution in [0.15, 0.2) is 46.4 Å². The van der Waals surface area contributed by atoms with Gasteiger partial charge in [-0.05, 0) is 43.2 Å². The third kappa shape index (κ3) is 12.1. The van der Waals surface area contributed by atoms with E-state index in [-0.39, 0.29) is 28.4 Å². The maximum atomic E-state index is 12.3. The molecular formula is C26H36ClN9O5S. The molecule has 3 rings (SSSR count). The van der Waals surface area contributed by atoms with Gasteiger partial charge in [0.2, 0.25) is 0 Å². The summed E-state index contributed by atoms with van der Waals surface area (Å²) in [7, 11) is -3.67. The Morgan fingerprint density at radius 3 is 2.31 bits per heavy atom. The molecule has 42 heavy (non-hydrogen) atoms. The number of amidine groups is 1. The molecule has 0 aliphatic heterocycles. The minimum absolute atomic E-state index is 0.0431. The highest BCUT2D eigenvalue weighted by molar-refractivity contribution is 7.85. The van der Waals surface area contributed by atoms with Crippen molar-refractivity contribution in [1.29, 1.82) is 0 Å². The summed E-state index contributed by atoms with van der Waals surface area (Å²) in [4.78, 5) is 28.3. The number of nitrogen functional groups attached to an aromatic ring is 2. The van der Waals surface area contributed by atoms with Gasteiger partial charge in [0.25, 0.3) is 16.0 Å². The Bertz CT molecular complexity index is 1540. The van der Waals surface area contributed by atoms with E-state index in [2.05, 4.69) is 43.5 Å². The molecule has 0 unspecified atom stereocenters. The lowest BCUT2D eigenvalue weighted by Crippen LogP contribution is -2.38. The van der Waals surface area contributed by atoms with E-state index in [1.807, 2.05) is 18.2 Å². The van der Waals surface area contributed by atoms with Gasteiger partial charge in [-0.3, -0.25) is 24.6 Å². The lowest BCUT2D eigenvalue weighted by Gasteiger charge is -2.12. The van der Waals surface area contributed by atoms with Gasteiger partial charge in [-0.15, -0.1) is 0 Å². The van der Waals surface area contributed by atoms with E-state index in [0.29, 0.717) is 31.8 Å². The second-order valence-electron chi connectivity index (χ2n) is 9.04. The summed E-state index contributed by atoms with van der Waals surface area (Å²) in [5.74, 6) is 0.523. The number of guanidine groups is 1. The average molecular weight is 622 g/mol. The van der Waals surface area contributed by atoms with E-state index in [4.69, 9.17) is 43.8 Å². The van der Waals surface area contributed by atoms with Crippen LogP contribution in [0.3, 0.4) is 0 Å². The number of nitrogens with zero attached hydrogens (tertiary/aromatic N) is 4. The summed E-state index contributed by atoms with van der Waals surface area (Å²) in [5.41, 5.74) is 23.7. The molecule has 2 aromatic carbocycles. The average Bonchev–Trinajstić information content (AvgIpc) is 2.90. The number of aliphatic imine (C=N–C) groups is 2. The molecular weight excluding hydrogens is 586 g/mol. The van der Waals surface area contributed by atoms with Crippen molar-refractivity contribution >= 4 is 61.8 Å². The van der Waals surface area contributed by atoms with E-state index in [0.717, 1.165) is 42.2 Å². The molecule has 3 aromatic rings. The normalized spacial score (nSPS) is 12.0. The number of rotatable bonds is 11. The number of ether oxygens (including phenoxy) is 1. The van der Waals surface area contributed by atoms with E-state index >= 15 is 0 Å². The molecule has 1 aromatic heterocycles. The SMILES string of the molecule is CC(N)=NCCCOc1ccc(CCCCN=C(N)NC(=O)c2nc(Cl)c(N)nc2N)c2ccccc12.CS(=O)(=O)O. The summed E-state index contributed by atoms with van der Waals surface area (Å²) in [6, 6.07) is 12.3. The lowest BCUT2D eigenvalue weighted by atomic mass is 9.99. The number of anilines is 2. The van der Waals surface area contributed by atoms with Crippen molar-refractivity contribution in [2.75, 3.05) is 37.4 Å². The second kappa shape index (κ2) is 16.3. The van der Waals surface area contributed by atoms with Crippen LogP contribution in [0.2, 0.25) is 5.15 Å². The van der Waals surface area contributed by atoms with Crippen LogP contribution in [0.1, 0.15) is 42.2 Å². The van der Waals surface area contributed by atoms with Gasteiger partial charge in [0.1, 0.15) is 5.75 Å². The zero-order valence-electron chi connectivity index (χ0n) is 23.4. The minimum atomic E-state index is -3.67. The van der Waals surface area contributed by atoms with Gasteiger partial charge in [-0.25, -0.2) is 9.97 Å². The smallest absolute Gasteiger partial charge is 0.280 e. The molecule has 228 valence electrons. The quantitative estimate of drug-likeness (QED) is 0.0783. The van der Waals surface area contributed by atoms with Crippen molar-refractivity contribution in [3.8, 4) is 5.75 Å². The number of hydrogen-bond acceptors (Lipinski definition) is 10. The number of carbonyl (C=O) groups excluding carboxylic acids is 1. The Morgan fingerprint density at radius 2 is 1.64 bits per heavy atom. The minimum Gasteiger partial charge on any atom is -0.493 e. The molecule has 0 spiro atoms. The van der Waals surface area contributed by atoms with Gasteiger partial charge in [-0.2, -0.15) is 8.42 Å². The predicted molar refractivity (Wildman–Crippen MR) is 166 cm³/mol. The van der Waals surface area contributed by atoms with Crippen molar-refractivity contribution in [2.24, 2.45) is 21.5 Å². The number of aromatic nitrogens is 2. The maximum Gasteiger partial charge on any atom is 0.280 e. The number of aryl methyl sites for hydroxylation is 1. The number of benzene rings is 2. The first-order valence-corrected chi connectivity index (χ1v) is 15.0. The van der Waals surface area contributed by atoms with Gasteiger partial charge in [-0.1, -0.05) is 41.9 Å². The zero-order chi connectivity index (χ0) is 31.3. The van der Waals surface area contributed by atoms with E-state index < -0.39 is 16.0 Å². The van der Waals surface area contributed by atoms with Crippen LogP contribution in [-0.4, -0.2) is 66.6 Å². The number of hydrogen-bond donors (Lipinski definition) is 6. The molecule has 0 saturated heterocycles. The second-order valence-corrected chi connectivity index (χ2v) is 10.9. The molecule has 0 aliphatic carbocycles. The molecule has 10 N–H and O–H groups in total. The standard InChI is InChI=1S/C25H32ClN9O2.CH4O3S/c1-15(27)31-13-6-14-37-19-11-10-16(17-8-2-3-9-18(17)19)7-4-5-12-32-25(30)35-24(36)20-22(28)34-23(29)21(26)33-20;1-5(2,3)4/h2-3,8-11H,4-7,12-14H2,1H3,(H2,27,31)(H4,28,29,34)(H3,30,32,35,36);1H3,(H,2,3,4). The van der Waals surface area contributed by atoms with E-state index in [1.54, 1.807) is 6.92 Å². The topological polar surface area (TPSA) is 247 Å². The Kier molecular flexibility index (Phi) is 13.2. The maximum absolute atomic E-state index is 12.3. The zero-order valence-corrected chi connectivity index (χ0v) is 25.0. The monoisotopic (exact) mass is 621 g/mol. The van der Waals surface area contributed by atoms with Crippen LogP contribution in [0.5, 0.6) is 5.75 Å². The first kappa shape index (κ1) is 34.0. The fraction of sp³-hybridized carbons (Fsp3) is 0.346. The fourth-order valence-corrected chi connectivity index (χ4v) is 3.76. The van der Waals surface area contributed by atoms with Crippen LogP contribution < -0.4 is 33.0 Å². The molecule has 14 nitrogen and oxygen atoms in total. The molecule has 0 saturated carbocycles. The van der Waals surface area contributed by atoms with Crippen molar-refractivity contribution in [1.82, 2.24) is 15.3 Å². The Balaban J connectivity index is 0.00000113. The van der Waals surface area contributed by atoms with Crippen LogP contribution in [0, 0.1) is 0 Å². The van der Waals surface area contributed by atoms with E-state index in [9.17, 15) is 13.2 Å². The predicted octanol–water partition coefficient (Wildman–Crippen LogP) is 2.17. The molecule has 1 amide bonds. The number of nitrogens with two attached hydrogens (primary N) is 4. The largest absolute Gasteiger partial charge is 0.493 e. The third-order valence-electron chi connectivity index (χ3n) is 5.39. The third-order valence-corrected chi connectivity index (χ3v) is 5.67. The molecule has 0 aliphatic rings. The number of amides is 1. The summed E-state index contributed by atoms with van der Waals surface area (Å²) >= 11 is 5.81. The molecule has 1 heterocycles. The highest BCUT2D eigenvalue weighted by atomic mass is 35.5. The summed E-state index contributed by atoms with van der Waals surface area (Å²) in [6.07, 6.45) is 4.04. The number of carbonyl (C=O) groups is 1. The number of fused-ring (bicyclic) bond motifs is 1. The molecule has 16 heteroatoms. The van der Waals surface area contributed by atoms with Crippen LogP contribution >= 0.6 is 11.6 Å². The first-order chi connectivity index (χ1) is 19.8. The van der Waals surface area contributed by atoms with Crippen molar-refractivity contribution < 1.29 is 22.5 Å². The first-order valence-electron chi connectivity index (χ1n) is 12.8. The molecule has 0 fully saturated rings. The van der Waals surface area contributed by atoms with Crippen LogP contribution in [0.4, 0.5) is 11.6 Å². The number of unbranched alkanes of at least 4 members (excludes halogenated alkanes) is 1. The van der Waals surface area contributed by atoms with Crippen molar-refractivity contribution in [3.05, 3.63) is 52.8 Å². The highest BCUT2D eigenvalue weighted by Gasteiger charge is 2.16. The van der Waals surface area contributed by atoms with Gasteiger partial charge in [0.15, 0.2) is 28.4 Å². The van der Waals surface area contributed by atoms with Gasteiger partial charge in [0.05, 0.1) is 18.7 Å². The van der Waals surface area contributed by atoms with Gasteiger partial charge < -0.3 is 27.7 Å². The molecule has 0 radical (unpaired) electrons. The summed E-state index contributed by atoms with van der Waals surface area (Å²) in [5, 5.41) is 4.55. The van der Waals surface area contributed by atoms with E-state index in [1.165, 1.54) is 5.56 Å². The van der Waals surface area contributed by atoms with Crippen molar-refractivity contribution in [2.45, 2.75) is 32.6 Å². The fourth-order valence-electron chi connectivity index (χ4n) is 3.63. The Hall–Kier alpha value is -4.21. The summed E-state index contributed by atoms with van der Waals surface area (Å²) in [6.45, 7) is 3.44. The summed E-state index contributed by atoms with van der Waals surface area (Å²) < 4.78 is 31.9.